The number of halogens is 2. The molecule has 1 saturated heterocycles. The molecule has 3 aromatic carbocycles. The lowest BCUT2D eigenvalue weighted by molar-refractivity contribution is -0.155. The lowest BCUT2D eigenvalue weighted by Crippen LogP contribution is -2.57. The summed E-state index contributed by atoms with van der Waals surface area (Å²) in [5.74, 6) is -4.47. The van der Waals surface area contributed by atoms with Crippen LogP contribution in [0.5, 0.6) is 0 Å². The molecule has 0 spiro atoms. The van der Waals surface area contributed by atoms with E-state index in [-0.39, 0.29) is 6.42 Å². The van der Waals surface area contributed by atoms with Crippen LogP contribution in [0.1, 0.15) is 27.8 Å². The fraction of sp³-hybridized carbons (Fsp3) is 0.222. The zero-order chi connectivity index (χ0) is 23.8. The predicted octanol–water partition coefficient (Wildman–Crippen LogP) is 4.28. The Bertz CT molecular complexity index is 1250. The van der Waals surface area contributed by atoms with Gasteiger partial charge in [0.1, 0.15) is 15.8 Å². The number of carboxylic acids is 1. The van der Waals surface area contributed by atoms with Gasteiger partial charge in [0.25, 0.3) is 0 Å². The van der Waals surface area contributed by atoms with Gasteiger partial charge < -0.3 is 5.11 Å². The fourth-order valence-corrected chi connectivity index (χ4v) is 7.22. The number of alkyl halides is 2. The third kappa shape index (κ3) is 2.49. The van der Waals surface area contributed by atoms with Crippen molar-refractivity contribution in [1.29, 1.82) is 0 Å². The van der Waals surface area contributed by atoms with Crippen molar-refractivity contribution in [3.8, 4) is 0 Å². The van der Waals surface area contributed by atoms with Crippen molar-refractivity contribution in [3.63, 3.8) is 0 Å². The third-order valence-electron chi connectivity index (χ3n) is 7.49. The normalized spacial score (nSPS) is 29.4. The molecule has 3 aromatic rings. The number of likely N-dealkylation sites (tertiary alicyclic amines) is 1. The zero-order valence-electron chi connectivity index (χ0n) is 17.8. The van der Waals surface area contributed by atoms with E-state index in [9.17, 15) is 19.5 Å². The van der Waals surface area contributed by atoms with E-state index >= 15 is 0 Å². The molecule has 1 aliphatic heterocycles. The molecule has 7 heteroatoms. The van der Waals surface area contributed by atoms with E-state index < -0.39 is 45.4 Å². The number of amides is 2. The average Bonchev–Trinajstić information content (AvgIpc) is 3.12. The molecule has 1 heterocycles. The van der Waals surface area contributed by atoms with Crippen LogP contribution in [0.3, 0.4) is 0 Å². The number of hydrogen-bond acceptors (Lipinski definition) is 3. The second-order valence-corrected chi connectivity index (χ2v) is 10.3. The molecule has 0 unspecified atom stereocenters. The van der Waals surface area contributed by atoms with E-state index in [4.69, 9.17) is 23.2 Å². The van der Waals surface area contributed by atoms with Gasteiger partial charge >= 0.3 is 5.97 Å². The van der Waals surface area contributed by atoms with E-state index in [0.29, 0.717) is 27.8 Å². The summed E-state index contributed by atoms with van der Waals surface area (Å²) in [5.41, 5.74) is 3.45. The van der Waals surface area contributed by atoms with Crippen LogP contribution in [0.4, 0.5) is 0 Å². The molecular weight excluding hydrogens is 473 g/mol. The number of rotatable bonds is 4. The molecule has 0 saturated carbocycles. The highest BCUT2D eigenvalue weighted by Crippen LogP contribution is 2.69. The van der Waals surface area contributed by atoms with Crippen LogP contribution in [0.15, 0.2) is 78.9 Å². The molecule has 1 fully saturated rings. The summed E-state index contributed by atoms with van der Waals surface area (Å²) in [6, 6.07) is 22.3. The van der Waals surface area contributed by atoms with Gasteiger partial charge in [-0.1, -0.05) is 78.9 Å². The van der Waals surface area contributed by atoms with E-state index in [0.717, 1.165) is 4.90 Å². The molecule has 34 heavy (non-hydrogen) atoms. The minimum atomic E-state index is -1.36. The van der Waals surface area contributed by atoms with E-state index in [1.807, 2.05) is 54.6 Å². The van der Waals surface area contributed by atoms with Gasteiger partial charge in [0.05, 0.1) is 11.8 Å². The molecule has 4 aliphatic rings. The average molecular weight is 492 g/mol. The highest BCUT2D eigenvalue weighted by molar-refractivity contribution is 6.36. The molecule has 2 amide bonds. The lowest BCUT2D eigenvalue weighted by atomic mass is 9.54. The van der Waals surface area contributed by atoms with E-state index in [1.54, 1.807) is 24.3 Å². The zero-order valence-corrected chi connectivity index (χ0v) is 19.3. The quantitative estimate of drug-likeness (QED) is 0.436. The minimum absolute atomic E-state index is 0.00242. The van der Waals surface area contributed by atoms with Crippen LogP contribution in [0, 0.1) is 11.8 Å². The summed E-state index contributed by atoms with van der Waals surface area (Å²) < 4.78 is 0. The molecule has 1 N–H and O–H groups in total. The van der Waals surface area contributed by atoms with Gasteiger partial charge in [-0.2, -0.15) is 0 Å². The van der Waals surface area contributed by atoms with Gasteiger partial charge in [0, 0.05) is 6.42 Å². The molecule has 3 aliphatic carbocycles. The Hall–Kier alpha value is -3.15. The van der Waals surface area contributed by atoms with Gasteiger partial charge in [-0.15, -0.1) is 23.2 Å². The minimum Gasteiger partial charge on any atom is -0.480 e. The fourth-order valence-electron chi connectivity index (χ4n) is 6.12. The second-order valence-electron chi connectivity index (χ2n) is 9.06. The third-order valence-corrected chi connectivity index (χ3v) is 8.77. The highest BCUT2D eigenvalue weighted by Gasteiger charge is 2.73. The van der Waals surface area contributed by atoms with Gasteiger partial charge in [-0.3, -0.25) is 14.5 Å². The van der Waals surface area contributed by atoms with Crippen LogP contribution >= 0.6 is 23.2 Å². The van der Waals surface area contributed by atoms with Gasteiger partial charge in [-0.25, -0.2) is 4.79 Å². The van der Waals surface area contributed by atoms with E-state index in [2.05, 4.69) is 0 Å². The highest BCUT2D eigenvalue weighted by atomic mass is 35.5. The maximum absolute atomic E-state index is 13.9. The number of hydrogen-bond donors (Lipinski definition) is 1. The Balaban J connectivity index is 1.55. The molecule has 3 atom stereocenters. The number of carbonyl (C=O) groups excluding carboxylic acids is 2. The summed E-state index contributed by atoms with van der Waals surface area (Å²) in [6.07, 6.45) is -0.00242. The first-order valence-corrected chi connectivity index (χ1v) is 11.8. The van der Waals surface area contributed by atoms with Crippen LogP contribution in [0.25, 0.3) is 0 Å². The molecule has 0 radical (unpaired) electrons. The van der Waals surface area contributed by atoms with Crippen molar-refractivity contribution in [1.82, 2.24) is 4.90 Å². The summed E-state index contributed by atoms with van der Waals surface area (Å²) in [7, 11) is 0. The topological polar surface area (TPSA) is 74.7 Å². The van der Waals surface area contributed by atoms with Gasteiger partial charge in [0.15, 0.2) is 0 Å². The largest absolute Gasteiger partial charge is 0.480 e. The first-order chi connectivity index (χ1) is 16.3. The van der Waals surface area contributed by atoms with Crippen molar-refractivity contribution < 1.29 is 19.5 Å². The Kier molecular flexibility index (Phi) is 4.51. The van der Waals surface area contributed by atoms with Crippen LogP contribution in [0.2, 0.25) is 0 Å². The molecule has 2 bridgehead atoms. The second kappa shape index (κ2) is 7.17. The van der Waals surface area contributed by atoms with Crippen molar-refractivity contribution in [2.24, 2.45) is 11.8 Å². The maximum atomic E-state index is 13.9. The number of nitrogens with zero attached hydrogens (tertiary/aromatic N) is 1. The van der Waals surface area contributed by atoms with Gasteiger partial charge in [-0.05, 0) is 27.8 Å². The Morgan fingerprint density at radius 1 is 0.765 bits per heavy atom. The molecular formula is C27H19Cl2NO4. The van der Waals surface area contributed by atoms with Crippen LogP contribution in [-0.4, -0.2) is 33.8 Å². The summed E-state index contributed by atoms with van der Waals surface area (Å²) in [6.45, 7) is 0. The molecule has 0 aromatic heterocycles. The standard InChI is InChI=1S/C27H19Cl2NO4/c28-26-16-10-4-5-11-17(16)27(29,19-13-7-6-12-18(19)26)22-21(26)23(31)30(24(22)32)20(25(33)34)14-15-8-2-1-3-9-15/h1-13,20-22H,14H2,(H,33,34)/t20-,21-,22+,26?,27?/m1/s1. The molecule has 7 rings (SSSR count). The number of benzene rings is 3. The SMILES string of the molecule is O=C(O)[C@@H](Cc1ccccc1)N1C(=O)[C@@H]2[C@H](C1=O)C1(Cl)c3ccccc3C2(Cl)c2ccccc21. The van der Waals surface area contributed by atoms with Crippen molar-refractivity contribution in [2.75, 3.05) is 0 Å². The predicted molar refractivity (Wildman–Crippen MR) is 127 cm³/mol. The number of aliphatic carboxylic acids is 1. The first kappa shape index (κ1) is 21.4. The molecule has 170 valence electrons. The summed E-state index contributed by atoms with van der Waals surface area (Å²) >= 11 is 14.8. The number of carbonyl (C=O) groups is 3. The van der Waals surface area contributed by atoms with Gasteiger partial charge in [0.2, 0.25) is 11.8 Å². The van der Waals surface area contributed by atoms with Crippen LogP contribution < -0.4 is 0 Å². The van der Waals surface area contributed by atoms with Crippen molar-refractivity contribution in [3.05, 3.63) is 107 Å². The summed E-state index contributed by atoms with van der Waals surface area (Å²) in [4.78, 5) is 38.5. The Morgan fingerprint density at radius 2 is 1.15 bits per heavy atom. The summed E-state index contributed by atoms with van der Waals surface area (Å²) in [5, 5.41) is 10.1. The lowest BCUT2D eigenvalue weighted by Gasteiger charge is -2.54. The van der Waals surface area contributed by atoms with Crippen molar-refractivity contribution in [2.45, 2.75) is 22.2 Å². The Morgan fingerprint density at radius 3 is 1.53 bits per heavy atom. The molecule has 5 nitrogen and oxygen atoms in total. The van der Waals surface area contributed by atoms with Crippen molar-refractivity contribution >= 4 is 41.0 Å². The maximum Gasteiger partial charge on any atom is 0.327 e. The van der Waals surface area contributed by atoms with E-state index in [1.165, 1.54) is 0 Å². The smallest absolute Gasteiger partial charge is 0.327 e. The monoisotopic (exact) mass is 491 g/mol. The number of imide groups is 1. The first-order valence-electron chi connectivity index (χ1n) is 11.0. The number of carboxylic acid groups (broad SMARTS) is 1. The Labute approximate surface area is 205 Å². The van der Waals surface area contributed by atoms with Crippen LogP contribution in [-0.2, 0) is 30.6 Å².